The topological polar surface area (TPSA) is 55.0 Å². The van der Waals surface area contributed by atoms with Crippen LogP contribution in [0.1, 0.15) is 44.7 Å². The van der Waals surface area contributed by atoms with Crippen LogP contribution in [0.15, 0.2) is 6.07 Å². The smallest absolute Gasteiger partial charge is 0.222 e. The molecule has 1 heterocycles. The fourth-order valence-corrected chi connectivity index (χ4v) is 2.88. The largest absolute Gasteiger partial charge is 0.368 e. The molecule has 18 heavy (non-hydrogen) atoms. The van der Waals surface area contributed by atoms with Gasteiger partial charge in [-0.15, -0.1) is 0 Å². The molecule has 1 saturated carbocycles. The second kappa shape index (κ2) is 5.55. The predicted molar refractivity (Wildman–Crippen MR) is 75.6 cm³/mol. The minimum absolute atomic E-state index is 0.374. The molecule has 1 aliphatic rings. The highest BCUT2D eigenvalue weighted by Crippen LogP contribution is 2.30. The summed E-state index contributed by atoms with van der Waals surface area (Å²) in [6.45, 7) is 4.26. The third-order valence-electron chi connectivity index (χ3n) is 4.16. The minimum Gasteiger partial charge on any atom is -0.368 e. The number of aryl methyl sites for hydroxylation is 1. The summed E-state index contributed by atoms with van der Waals surface area (Å²) in [5.41, 5.74) is 6.66. The van der Waals surface area contributed by atoms with E-state index >= 15 is 0 Å². The zero-order valence-electron chi connectivity index (χ0n) is 11.7. The van der Waals surface area contributed by atoms with Crippen molar-refractivity contribution in [3.8, 4) is 0 Å². The lowest BCUT2D eigenvalue weighted by atomic mass is 9.84. The number of hydrogen-bond acceptors (Lipinski definition) is 4. The van der Waals surface area contributed by atoms with Crippen LogP contribution in [0.2, 0.25) is 0 Å². The fraction of sp³-hybridized carbons (Fsp3) is 0.714. The standard InChI is InChI=1S/C14H24N4/c1-4-11-5-7-12(8-6-11)18(3)13-9-10(2)16-14(15)17-13/h9,11-12H,4-8H2,1-3H3,(H2,15,16,17). The number of nitrogens with two attached hydrogens (primary N) is 1. The predicted octanol–water partition coefficient (Wildman–Crippen LogP) is 2.77. The summed E-state index contributed by atoms with van der Waals surface area (Å²) in [5, 5.41) is 0. The van der Waals surface area contributed by atoms with Crippen molar-refractivity contribution >= 4 is 11.8 Å². The molecule has 0 unspecified atom stereocenters. The summed E-state index contributed by atoms with van der Waals surface area (Å²) in [7, 11) is 2.12. The number of anilines is 2. The molecule has 0 atom stereocenters. The van der Waals surface area contributed by atoms with Gasteiger partial charge < -0.3 is 10.6 Å². The summed E-state index contributed by atoms with van der Waals surface area (Å²) in [5.74, 6) is 2.26. The molecule has 0 radical (unpaired) electrons. The Morgan fingerprint density at radius 2 is 1.94 bits per heavy atom. The average Bonchev–Trinajstić information content (AvgIpc) is 2.37. The number of nitrogens with zero attached hydrogens (tertiary/aromatic N) is 3. The molecule has 0 spiro atoms. The van der Waals surface area contributed by atoms with Crippen molar-refractivity contribution in [1.29, 1.82) is 0 Å². The highest BCUT2D eigenvalue weighted by molar-refractivity contribution is 5.43. The van der Waals surface area contributed by atoms with Gasteiger partial charge in [0, 0.05) is 24.8 Å². The van der Waals surface area contributed by atoms with E-state index in [0.717, 1.165) is 17.4 Å². The van der Waals surface area contributed by atoms with Crippen LogP contribution in [-0.4, -0.2) is 23.1 Å². The molecule has 4 heteroatoms. The van der Waals surface area contributed by atoms with Crippen molar-refractivity contribution in [1.82, 2.24) is 9.97 Å². The highest BCUT2D eigenvalue weighted by atomic mass is 15.2. The molecule has 1 fully saturated rings. The normalized spacial score (nSPS) is 23.9. The molecular formula is C14H24N4. The maximum atomic E-state index is 5.72. The van der Waals surface area contributed by atoms with Crippen molar-refractivity contribution in [2.75, 3.05) is 17.7 Å². The summed E-state index contributed by atoms with van der Waals surface area (Å²) in [6, 6.07) is 2.61. The second-order valence-electron chi connectivity index (χ2n) is 5.42. The first-order valence-electron chi connectivity index (χ1n) is 6.94. The van der Waals surface area contributed by atoms with Gasteiger partial charge >= 0.3 is 0 Å². The van der Waals surface area contributed by atoms with Gasteiger partial charge in [0.2, 0.25) is 5.95 Å². The van der Waals surface area contributed by atoms with Crippen LogP contribution >= 0.6 is 0 Å². The fourth-order valence-electron chi connectivity index (χ4n) is 2.88. The Balaban J connectivity index is 2.05. The van der Waals surface area contributed by atoms with E-state index in [4.69, 9.17) is 5.73 Å². The van der Waals surface area contributed by atoms with Gasteiger partial charge in [0.05, 0.1) is 0 Å². The molecule has 0 aliphatic heterocycles. The molecule has 2 rings (SSSR count). The number of aromatic nitrogens is 2. The van der Waals surface area contributed by atoms with Crippen molar-refractivity contribution in [2.24, 2.45) is 5.92 Å². The van der Waals surface area contributed by atoms with Crippen molar-refractivity contribution in [3.63, 3.8) is 0 Å². The molecule has 4 nitrogen and oxygen atoms in total. The van der Waals surface area contributed by atoms with Gasteiger partial charge in [0.15, 0.2) is 0 Å². The van der Waals surface area contributed by atoms with Crippen LogP contribution in [0.25, 0.3) is 0 Å². The van der Waals surface area contributed by atoms with E-state index in [1.165, 1.54) is 32.1 Å². The van der Waals surface area contributed by atoms with Gasteiger partial charge in [-0.25, -0.2) is 4.98 Å². The third-order valence-corrected chi connectivity index (χ3v) is 4.16. The Morgan fingerprint density at radius 1 is 1.28 bits per heavy atom. The van der Waals surface area contributed by atoms with Gasteiger partial charge in [-0.2, -0.15) is 4.98 Å². The van der Waals surface area contributed by atoms with E-state index in [2.05, 4.69) is 28.8 Å². The van der Waals surface area contributed by atoms with E-state index in [9.17, 15) is 0 Å². The van der Waals surface area contributed by atoms with Crippen molar-refractivity contribution < 1.29 is 0 Å². The van der Waals surface area contributed by atoms with Gasteiger partial charge in [0.25, 0.3) is 0 Å². The number of hydrogen-bond donors (Lipinski definition) is 1. The molecule has 1 aliphatic carbocycles. The third kappa shape index (κ3) is 2.92. The van der Waals surface area contributed by atoms with Crippen molar-refractivity contribution in [3.05, 3.63) is 11.8 Å². The van der Waals surface area contributed by atoms with Crippen LogP contribution in [-0.2, 0) is 0 Å². The van der Waals surface area contributed by atoms with Crippen LogP contribution < -0.4 is 10.6 Å². The quantitative estimate of drug-likeness (QED) is 0.893. The van der Waals surface area contributed by atoms with Crippen LogP contribution in [0, 0.1) is 12.8 Å². The lowest BCUT2D eigenvalue weighted by Gasteiger charge is -2.35. The Morgan fingerprint density at radius 3 is 2.50 bits per heavy atom. The minimum atomic E-state index is 0.374. The number of nitrogen functional groups attached to an aromatic ring is 1. The number of rotatable bonds is 3. The molecule has 1 aromatic heterocycles. The summed E-state index contributed by atoms with van der Waals surface area (Å²) in [6.07, 6.45) is 6.52. The zero-order valence-corrected chi connectivity index (χ0v) is 11.7. The summed E-state index contributed by atoms with van der Waals surface area (Å²) < 4.78 is 0. The van der Waals surface area contributed by atoms with E-state index in [1.54, 1.807) is 0 Å². The Labute approximate surface area is 110 Å². The van der Waals surface area contributed by atoms with Crippen molar-refractivity contribution in [2.45, 2.75) is 52.0 Å². The molecule has 0 saturated heterocycles. The van der Waals surface area contributed by atoms with Crippen LogP contribution in [0.3, 0.4) is 0 Å². The van der Waals surface area contributed by atoms with E-state index in [-0.39, 0.29) is 0 Å². The maximum Gasteiger partial charge on any atom is 0.222 e. The lowest BCUT2D eigenvalue weighted by molar-refractivity contribution is 0.313. The maximum absolute atomic E-state index is 5.72. The highest BCUT2D eigenvalue weighted by Gasteiger charge is 2.24. The van der Waals surface area contributed by atoms with Gasteiger partial charge in [-0.1, -0.05) is 13.3 Å². The molecule has 100 valence electrons. The molecule has 0 amide bonds. The second-order valence-corrected chi connectivity index (χ2v) is 5.42. The first-order chi connectivity index (χ1) is 8.60. The monoisotopic (exact) mass is 248 g/mol. The molecule has 1 aromatic rings. The van der Waals surface area contributed by atoms with Gasteiger partial charge in [-0.3, -0.25) is 0 Å². The molecule has 0 bridgehead atoms. The van der Waals surface area contributed by atoms with E-state index in [0.29, 0.717) is 12.0 Å². The average molecular weight is 248 g/mol. The summed E-state index contributed by atoms with van der Waals surface area (Å²) in [4.78, 5) is 10.7. The Kier molecular flexibility index (Phi) is 4.04. The lowest BCUT2D eigenvalue weighted by Crippen LogP contribution is -2.35. The SMILES string of the molecule is CCC1CCC(N(C)c2cc(C)nc(N)n2)CC1. The van der Waals surface area contributed by atoms with Crippen LogP contribution in [0.4, 0.5) is 11.8 Å². The van der Waals surface area contributed by atoms with Gasteiger partial charge in [-0.05, 0) is 38.5 Å². The summed E-state index contributed by atoms with van der Waals surface area (Å²) >= 11 is 0. The molecule has 2 N–H and O–H groups in total. The first kappa shape index (κ1) is 13.1. The van der Waals surface area contributed by atoms with E-state index in [1.807, 2.05) is 13.0 Å². The van der Waals surface area contributed by atoms with Crippen LogP contribution in [0.5, 0.6) is 0 Å². The Hall–Kier alpha value is -1.32. The molecular weight excluding hydrogens is 224 g/mol. The van der Waals surface area contributed by atoms with Gasteiger partial charge in [0.1, 0.15) is 5.82 Å². The first-order valence-corrected chi connectivity index (χ1v) is 6.94. The Bertz CT molecular complexity index is 377. The zero-order chi connectivity index (χ0) is 13.1. The van der Waals surface area contributed by atoms with E-state index < -0.39 is 0 Å². The molecule has 0 aromatic carbocycles.